The molecule has 2 aromatic carbocycles. The molecule has 0 saturated heterocycles. The van der Waals surface area contributed by atoms with Crippen LogP contribution in [0.5, 0.6) is 0 Å². The number of hydrogen-bond donors (Lipinski definition) is 0. The minimum atomic E-state index is -0.958. The molecule has 3 rings (SSSR count). The Morgan fingerprint density at radius 3 is 1.86 bits per heavy atom. The number of rotatable bonds is 7. The highest BCUT2D eigenvalue weighted by Gasteiger charge is 2.22. The summed E-state index contributed by atoms with van der Waals surface area (Å²) in [6.07, 6.45) is 10.2. The van der Waals surface area contributed by atoms with Crippen molar-refractivity contribution in [3.05, 3.63) is 71.0 Å². The Morgan fingerprint density at radius 1 is 0.786 bits per heavy atom. The third-order valence-corrected chi connectivity index (χ3v) is 5.99. The molecule has 0 nitrogen and oxygen atoms in total. The van der Waals surface area contributed by atoms with Gasteiger partial charge in [0.2, 0.25) is 0 Å². The Kier molecular flexibility index (Phi) is 7.36. The van der Waals surface area contributed by atoms with Gasteiger partial charge in [0.1, 0.15) is 5.82 Å². The topological polar surface area (TPSA) is 0 Å². The molecule has 0 spiro atoms. The molecule has 3 heteroatoms. The van der Waals surface area contributed by atoms with Crippen LogP contribution < -0.4 is 0 Å². The van der Waals surface area contributed by atoms with Gasteiger partial charge in [0.05, 0.1) is 0 Å². The molecule has 150 valence electrons. The summed E-state index contributed by atoms with van der Waals surface area (Å²) in [7, 11) is 0. The van der Waals surface area contributed by atoms with Crippen LogP contribution in [-0.4, -0.2) is 0 Å². The van der Waals surface area contributed by atoms with Gasteiger partial charge in [-0.1, -0.05) is 56.9 Å². The Labute approximate surface area is 166 Å². The second kappa shape index (κ2) is 9.95. The number of halogens is 3. The van der Waals surface area contributed by atoms with Crippen molar-refractivity contribution in [2.45, 2.75) is 64.2 Å². The largest absolute Gasteiger partial charge is 0.207 e. The van der Waals surface area contributed by atoms with Crippen LogP contribution in [0.4, 0.5) is 13.2 Å². The van der Waals surface area contributed by atoms with Gasteiger partial charge in [-0.25, -0.2) is 13.2 Å². The highest BCUT2D eigenvalue weighted by Crippen LogP contribution is 2.38. The van der Waals surface area contributed by atoms with Crippen LogP contribution in [0, 0.1) is 11.7 Å². The SMILES string of the molecule is CCCCCC1CCC(c2ccc(C(F)=C(F)c3ccc(F)cc3)cc2)CC1. The predicted molar refractivity (Wildman–Crippen MR) is 111 cm³/mol. The van der Waals surface area contributed by atoms with Crippen molar-refractivity contribution in [3.8, 4) is 0 Å². The molecule has 0 unspecified atom stereocenters. The van der Waals surface area contributed by atoms with Gasteiger partial charge in [-0.05, 0) is 67.3 Å². The zero-order valence-corrected chi connectivity index (χ0v) is 16.6. The minimum Gasteiger partial charge on any atom is -0.207 e. The first-order valence-corrected chi connectivity index (χ1v) is 10.5. The van der Waals surface area contributed by atoms with Crippen molar-refractivity contribution >= 4 is 11.7 Å². The zero-order chi connectivity index (χ0) is 19.9. The molecule has 1 fully saturated rings. The number of hydrogen-bond acceptors (Lipinski definition) is 0. The van der Waals surface area contributed by atoms with Gasteiger partial charge in [-0.3, -0.25) is 0 Å². The van der Waals surface area contributed by atoms with E-state index in [0.717, 1.165) is 18.1 Å². The van der Waals surface area contributed by atoms with Gasteiger partial charge in [0, 0.05) is 11.1 Å². The van der Waals surface area contributed by atoms with Crippen molar-refractivity contribution in [1.29, 1.82) is 0 Å². The highest BCUT2D eigenvalue weighted by molar-refractivity contribution is 5.83. The van der Waals surface area contributed by atoms with E-state index in [1.54, 1.807) is 12.1 Å². The normalized spacial score (nSPS) is 20.7. The van der Waals surface area contributed by atoms with Crippen molar-refractivity contribution in [1.82, 2.24) is 0 Å². The maximum atomic E-state index is 14.5. The van der Waals surface area contributed by atoms with E-state index in [4.69, 9.17) is 0 Å². The molecule has 0 bridgehead atoms. The monoisotopic (exact) mass is 386 g/mol. The van der Waals surface area contributed by atoms with Crippen molar-refractivity contribution in [2.75, 3.05) is 0 Å². The fourth-order valence-corrected chi connectivity index (χ4v) is 4.22. The summed E-state index contributed by atoms with van der Waals surface area (Å²) in [5.74, 6) is -0.961. The molecule has 0 aliphatic heterocycles. The maximum Gasteiger partial charge on any atom is 0.166 e. The number of unbranched alkanes of at least 4 members (excludes halogenated alkanes) is 2. The molecule has 1 saturated carbocycles. The third-order valence-electron chi connectivity index (χ3n) is 5.99. The van der Waals surface area contributed by atoms with E-state index >= 15 is 0 Å². The van der Waals surface area contributed by atoms with Gasteiger partial charge < -0.3 is 0 Å². The quantitative estimate of drug-likeness (QED) is 0.331. The molecule has 0 aromatic heterocycles. The van der Waals surface area contributed by atoms with Gasteiger partial charge in [0.25, 0.3) is 0 Å². The summed E-state index contributed by atoms with van der Waals surface area (Å²) in [6, 6.07) is 11.9. The molecular formula is C25H29F3. The van der Waals surface area contributed by atoms with Crippen molar-refractivity contribution in [2.24, 2.45) is 5.92 Å². The molecule has 0 radical (unpaired) electrons. The average Bonchev–Trinajstić information content (AvgIpc) is 2.74. The van der Waals surface area contributed by atoms with E-state index in [1.165, 1.54) is 69.1 Å². The molecule has 0 amide bonds. The van der Waals surface area contributed by atoms with Crippen LogP contribution in [0.3, 0.4) is 0 Å². The van der Waals surface area contributed by atoms with E-state index in [9.17, 15) is 13.2 Å². The first-order valence-electron chi connectivity index (χ1n) is 10.5. The predicted octanol–water partition coefficient (Wildman–Crippen LogP) is 8.44. The van der Waals surface area contributed by atoms with E-state index in [1.807, 2.05) is 12.1 Å². The van der Waals surface area contributed by atoms with Gasteiger partial charge in [0.15, 0.2) is 11.7 Å². The van der Waals surface area contributed by atoms with Crippen LogP contribution in [0.15, 0.2) is 48.5 Å². The Bertz CT molecular complexity index is 766. The summed E-state index contributed by atoms with van der Waals surface area (Å²) < 4.78 is 41.8. The van der Waals surface area contributed by atoms with Crippen LogP contribution in [0.25, 0.3) is 11.7 Å². The van der Waals surface area contributed by atoms with Crippen LogP contribution in [0.1, 0.15) is 80.9 Å². The number of benzene rings is 2. The molecule has 0 heterocycles. The Balaban J connectivity index is 1.62. The fraction of sp³-hybridized carbons (Fsp3) is 0.440. The maximum absolute atomic E-state index is 14.5. The summed E-state index contributed by atoms with van der Waals surface area (Å²) in [5, 5.41) is 0. The first-order chi connectivity index (χ1) is 13.6. The highest BCUT2D eigenvalue weighted by atomic mass is 19.2. The van der Waals surface area contributed by atoms with Gasteiger partial charge in [-0.15, -0.1) is 0 Å². The van der Waals surface area contributed by atoms with Gasteiger partial charge in [-0.2, -0.15) is 0 Å². The standard InChI is InChI=1S/C25H29F3/c1-2-3-4-5-18-6-8-19(9-7-18)20-10-12-21(13-11-20)24(27)25(28)22-14-16-23(26)17-15-22/h10-19H,2-9H2,1H3. The van der Waals surface area contributed by atoms with Crippen LogP contribution >= 0.6 is 0 Å². The first kappa shape index (κ1) is 20.7. The average molecular weight is 387 g/mol. The molecule has 0 atom stereocenters. The minimum absolute atomic E-state index is 0.0457. The van der Waals surface area contributed by atoms with Crippen LogP contribution in [-0.2, 0) is 0 Å². The Hall–Kier alpha value is -2.03. The molecular weight excluding hydrogens is 357 g/mol. The second-order valence-corrected chi connectivity index (χ2v) is 7.97. The second-order valence-electron chi connectivity index (χ2n) is 7.97. The van der Waals surface area contributed by atoms with Crippen LogP contribution in [0.2, 0.25) is 0 Å². The smallest absolute Gasteiger partial charge is 0.166 e. The molecule has 28 heavy (non-hydrogen) atoms. The molecule has 1 aliphatic rings. The summed E-state index contributed by atoms with van der Waals surface area (Å²) in [6.45, 7) is 2.24. The zero-order valence-electron chi connectivity index (χ0n) is 16.6. The molecule has 1 aliphatic carbocycles. The third kappa shape index (κ3) is 5.27. The Morgan fingerprint density at radius 2 is 1.32 bits per heavy atom. The van der Waals surface area contributed by atoms with E-state index in [0.29, 0.717) is 5.92 Å². The van der Waals surface area contributed by atoms with E-state index in [-0.39, 0.29) is 11.1 Å². The fourth-order valence-electron chi connectivity index (χ4n) is 4.22. The lowest BCUT2D eigenvalue weighted by atomic mass is 9.77. The molecule has 0 N–H and O–H groups in total. The summed E-state index contributed by atoms with van der Waals surface area (Å²) >= 11 is 0. The van der Waals surface area contributed by atoms with Gasteiger partial charge >= 0.3 is 0 Å². The van der Waals surface area contributed by atoms with E-state index in [2.05, 4.69) is 6.92 Å². The van der Waals surface area contributed by atoms with E-state index < -0.39 is 17.5 Å². The van der Waals surface area contributed by atoms with Crippen molar-refractivity contribution in [3.63, 3.8) is 0 Å². The van der Waals surface area contributed by atoms with Crippen molar-refractivity contribution < 1.29 is 13.2 Å². The summed E-state index contributed by atoms with van der Waals surface area (Å²) in [4.78, 5) is 0. The summed E-state index contributed by atoms with van der Waals surface area (Å²) in [5.41, 5.74) is 1.48. The lowest BCUT2D eigenvalue weighted by Gasteiger charge is -2.29. The molecule has 2 aromatic rings. The lowest BCUT2D eigenvalue weighted by molar-refractivity contribution is 0.303. The lowest BCUT2D eigenvalue weighted by Crippen LogP contribution is -2.13.